The van der Waals surface area contributed by atoms with Crippen LogP contribution in [0.4, 0.5) is 0 Å². The first-order chi connectivity index (χ1) is 12.0. The number of hydrogen-bond donors (Lipinski definition) is 0. The number of carbonyl (C=O) groups excluding carboxylic acids is 1. The first-order valence-corrected chi connectivity index (χ1v) is 8.59. The SMILES string of the molecule is CCOC(=O)c1oc2cc(OC)cc(C)c2c(=O)c1-c1csc(C)n1. The molecule has 25 heavy (non-hydrogen) atoms. The highest BCUT2D eigenvalue weighted by Crippen LogP contribution is 2.30. The molecule has 0 aliphatic carbocycles. The lowest BCUT2D eigenvalue weighted by Gasteiger charge is -2.10. The Morgan fingerprint density at radius 1 is 1.32 bits per heavy atom. The molecular formula is C18H17NO5S. The van der Waals surface area contributed by atoms with Gasteiger partial charge in [-0.05, 0) is 32.4 Å². The standard InChI is InChI=1S/C18H17NO5S/c1-5-23-18(21)17-15(12-8-25-10(3)19-12)16(20)14-9(2)6-11(22-4)7-13(14)24-17/h6-8H,5H2,1-4H3. The number of carbonyl (C=O) groups is 1. The maximum atomic E-state index is 13.1. The zero-order valence-corrected chi connectivity index (χ0v) is 15.2. The average molecular weight is 359 g/mol. The summed E-state index contributed by atoms with van der Waals surface area (Å²) in [5.41, 5.74) is 1.21. The van der Waals surface area contributed by atoms with Crippen LogP contribution in [0.15, 0.2) is 26.7 Å². The van der Waals surface area contributed by atoms with Gasteiger partial charge in [0.2, 0.25) is 11.2 Å². The summed E-state index contributed by atoms with van der Waals surface area (Å²) in [6.45, 7) is 5.49. The number of nitrogens with zero attached hydrogens (tertiary/aromatic N) is 1. The Labute approximate surface area is 148 Å². The molecule has 1 aromatic carbocycles. The molecular weight excluding hydrogens is 342 g/mol. The third-order valence-corrected chi connectivity index (χ3v) is 4.51. The van der Waals surface area contributed by atoms with E-state index in [1.54, 1.807) is 31.4 Å². The monoisotopic (exact) mass is 359 g/mol. The second-order valence-corrected chi connectivity index (χ2v) is 6.49. The summed E-state index contributed by atoms with van der Waals surface area (Å²) in [5, 5.41) is 2.92. The number of hydrogen-bond acceptors (Lipinski definition) is 7. The van der Waals surface area contributed by atoms with Crippen LogP contribution in [0.5, 0.6) is 5.75 Å². The van der Waals surface area contributed by atoms with Crippen molar-refractivity contribution in [1.29, 1.82) is 0 Å². The van der Waals surface area contributed by atoms with Gasteiger partial charge in [-0.25, -0.2) is 9.78 Å². The van der Waals surface area contributed by atoms with Crippen LogP contribution in [0.2, 0.25) is 0 Å². The normalized spacial score (nSPS) is 10.9. The Bertz CT molecular complexity index is 1020. The van der Waals surface area contributed by atoms with Gasteiger partial charge in [0, 0.05) is 11.4 Å². The van der Waals surface area contributed by atoms with E-state index in [4.69, 9.17) is 13.9 Å². The minimum absolute atomic E-state index is 0.128. The Morgan fingerprint density at radius 2 is 2.08 bits per heavy atom. The molecule has 130 valence electrons. The van der Waals surface area contributed by atoms with Gasteiger partial charge in [-0.2, -0.15) is 0 Å². The van der Waals surface area contributed by atoms with Crippen LogP contribution in [0.25, 0.3) is 22.2 Å². The van der Waals surface area contributed by atoms with Gasteiger partial charge in [0.05, 0.1) is 35.4 Å². The predicted octanol–water partition coefficient (Wildman–Crippen LogP) is 3.72. The van der Waals surface area contributed by atoms with Crippen molar-refractivity contribution in [2.24, 2.45) is 0 Å². The van der Waals surface area contributed by atoms with Gasteiger partial charge in [-0.3, -0.25) is 4.79 Å². The van der Waals surface area contributed by atoms with Crippen LogP contribution < -0.4 is 10.2 Å². The number of thiazole rings is 1. The van der Waals surface area contributed by atoms with Crippen molar-refractivity contribution in [3.05, 3.63) is 44.1 Å². The molecule has 2 heterocycles. The molecule has 7 heteroatoms. The van der Waals surface area contributed by atoms with Crippen LogP contribution in [0.3, 0.4) is 0 Å². The van der Waals surface area contributed by atoms with E-state index in [9.17, 15) is 9.59 Å². The second-order valence-electron chi connectivity index (χ2n) is 5.42. The summed E-state index contributed by atoms with van der Waals surface area (Å²) in [6.07, 6.45) is 0. The van der Waals surface area contributed by atoms with Crippen LogP contribution in [0, 0.1) is 13.8 Å². The molecule has 3 rings (SSSR count). The smallest absolute Gasteiger partial charge is 0.375 e. The van der Waals surface area contributed by atoms with Crippen molar-refractivity contribution >= 4 is 28.3 Å². The van der Waals surface area contributed by atoms with E-state index in [0.717, 1.165) is 5.01 Å². The minimum Gasteiger partial charge on any atom is -0.497 e. The van der Waals surface area contributed by atoms with Crippen LogP contribution >= 0.6 is 11.3 Å². The number of rotatable bonds is 4. The number of aromatic nitrogens is 1. The molecule has 3 aromatic rings. The van der Waals surface area contributed by atoms with Gasteiger partial charge in [0.25, 0.3) is 0 Å². The third kappa shape index (κ3) is 3.02. The zero-order valence-electron chi connectivity index (χ0n) is 14.3. The summed E-state index contributed by atoms with van der Waals surface area (Å²) < 4.78 is 16.1. The van der Waals surface area contributed by atoms with E-state index in [2.05, 4.69) is 4.98 Å². The quantitative estimate of drug-likeness (QED) is 0.661. The number of esters is 1. The number of aryl methyl sites for hydroxylation is 2. The summed E-state index contributed by atoms with van der Waals surface area (Å²) >= 11 is 1.39. The summed E-state index contributed by atoms with van der Waals surface area (Å²) in [6, 6.07) is 3.34. The fourth-order valence-corrected chi connectivity index (χ4v) is 3.26. The predicted molar refractivity (Wildman–Crippen MR) is 95.6 cm³/mol. The number of methoxy groups -OCH3 is 1. The molecule has 0 aliphatic rings. The van der Waals surface area contributed by atoms with Crippen molar-refractivity contribution in [2.45, 2.75) is 20.8 Å². The van der Waals surface area contributed by atoms with Crippen LogP contribution in [0.1, 0.15) is 28.0 Å². The van der Waals surface area contributed by atoms with E-state index in [1.165, 1.54) is 18.4 Å². The van der Waals surface area contributed by atoms with Gasteiger partial charge < -0.3 is 13.9 Å². The maximum Gasteiger partial charge on any atom is 0.375 e. The second kappa shape index (κ2) is 6.68. The largest absolute Gasteiger partial charge is 0.497 e. The van der Waals surface area contributed by atoms with Crippen molar-refractivity contribution in [1.82, 2.24) is 4.98 Å². The first-order valence-electron chi connectivity index (χ1n) is 7.71. The van der Waals surface area contributed by atoms with Gasteiger partial charge >= 0.3 is 5.97 Å². The molecule has 2 aromatic heterocycles. The first kappa shape index (κ1) is 17.2. The van der Waals surface area contributed by atoms with Crippen molar-refractivity contribution in [3.63, 3.8) is 0 Å². The molecule has 0 N–H and O–H groups in total. The van der Waals surface area contributed by atoms with Crippen LogP contribution in [-0.4, -0.2) is 24.7 Å². The molecule has 0 atom stereocenters. The summed E-state index contributed by atoms with van der Waals surface area (Å²) in [5.74, 6) is -0.292. The Morgan fingerprint density at radius 3 is 2.68 bits per heavy atom. The molecule has 0 amide bonds. The highest BCUT2D eigenvalue weighted by atomic mass is 32.1. The molecule has 0 aliphatic heterocycles. The lowest BCUT2D eigenvalue weighted by Crippen LogP contribution is -2.16. The molecule has 6 nitrogen and oxygen atoms in total. The molecule has 0 saturated heterocycles. The molecule has 0 radical (unpaired) electrons. The van der Waals surface area contributed by atoms with E-state index in [0.29, 0.717) is 22.4 Å². The van der Waals surface area contributed by atoms with Gasteiger partial charge in [-0.15, -0.1) is 11.3 Å². The topological polar surface area (TPSA) is 78.6 Å². The lowest BCUT2D eigenvalue weighted by molar-refractivity contribution is 0.0492. The number of ether oxygens (including phenoxy) is 2. The van der Waals surface area contributed by atoms with Gasteiger partial charge in [-0.1, -0.05) is 0 Å². The molecule has 0 fully saturated rings. The van der Waals surface area contributed by atoms with Crippen molar-refractivity contribution in [3.8, 4) is 17.0 Å². The summed E-state index contributed by atoms with van der Waals surface area (Å²) in [7, 11) is 1.53. The van der Waals surface area contributed by atoms with E-state index < -0.39 is 5.97 Å². The molecule has 0 saturated carbocycles. The maximum absolute atomic E-state index is 13.1. The van der Waals surface area contributed by atoms with E-state index in [1.807, 2.05) is 6.92 Å². The van der Waals surface area contributed by atoms with Crippen LogP contribution in [-0.2, 0) is 4.74 Å². The van der Waals surface area contributed by atoms with E-state index in [-0.39, 0.29) is 28.9 Å². The molecule has 0 bridgehead atoms. The Balaban J connectivity index is 2.40. The number of benzene rings is 1. The number of fused-ring (bicyclic) bond motifs is 1. The van der Waals surface area contributed by atoms with E-state index >= 15 is 0 Å². The highest BCUT2D eigenvalue weighted by Gasteiger charge is 2.25. The zero-order chi connectivity index (χ0) is 18.1. The minimum atomic E-state index is -0.692. The van der Waals surface area contributed by atoms with Gasteiger partial charge in [0.1, 0.15) is 11.3 Å². The molecule has 0 spiro atoms. The fraction of sp³-hybridized carbons (Fsp3) is 0.278. The molecule has 0 unspecified atom stereocenters. The highest BCUT2D eigenvalue weighted by molar-refractivity contribution is 7.09. The third-order valence-electron chi connectivity index (χ3n) is 3.74. The average Bonchev–Trinajstić information content (AvgIpc) is 3.00. The van der Waals surface area contributed by atoms with Crippen molar-refractivity contribution < 1.29 is 18.7 Å². The lowest BCUT2D eigenvalue weighted by atomic mass is 10.0. The van der Waals surface area contributed by atoms with Crippen molar-refractivity contribution in [2.75, 3.05) is 13.7 Å². The Hall–Kier alpha value is -2.67. The Kier molecular flexibility index (Phi) is 4.59. The fourth-order valence-electron chi connectivity index (χ4n) is 2.65. The van der Waals surface area contributed by atoms with Gasteiger partial charge in [0.15, 0.2) is 0 Å². The summed E-state index contributed by atoms with van der Waals surface area (Å²) in [4.78, 5) is 29.9.